The van der Waals surface area contributed by atoms with Crippen LogP contribution in [0, 0.1) is 6.92 Å². The van der Waals surface area contributed by atoms with E-state index in [-0.39, 0.29) is 11.6 Å². The summed E-state index contributed by atoms with van der Waals surface area (Å²) in [6.45, 7) is 2.21. The van der Waals surface area contributed by atoms with E-state index in [4.69, 9.17) is 5.11 Å². The summed E-state index contributed by atoms with van der Waals surface area (Å²) in [6.07, 6.45) is 0. The Hall–Kier alpha value is -1.86. The van der Waals surface area contributed by atoms with Crippen molar-refractivity contribution in [1.82, 2.24) is 5.32 Å². The number of halogens is 1. The van der Waals surface area contributed by atoms with Gasteiger partial charge in [-0.15, -0.1) is 11.3 Å². The molecule has 0 unspecified atom stereocenters. The molecule has 0 aliphatic carbocycles. The first kappa shape index (κ1) is 15.5. The van der Waals surface area contributed by atoms with E-state index in [1.165, 1.54) is 12.1 Å². The third-order valence-corrected chi connectivity index (χ3v) is 4.76. The molecule has 21 heavy (non-hydrogen) atoms. The van der Waals surface area contributed by atoms with Crippen LogP contribution in [0.2, 0.25) is 0 Å². The van der Waals surface area contributed by atoms with Crippen molar-refractivity contribution >= 4 is 45.0 Å². The fraction of sp³-hybridized carbons (Fsp3) is 0.143. The van der Waals surface area contributed by atoms with Gasteiger partial charge in [-0.3, -0.25) is 0 Å². The maximum absolute atomic E-state index is 11.9. The van der Waals surface area contributed by atoms with E-state index in [0.29, 0.717) is 12.2 Å². The van der Waals surface area contributed by atoms with E-state index >= 15 is 0 Å². The van der Waals surface area contributed by atoms with Crippen LogP contribution >= 0.6 is 27.3 Å². The fourth-order valence-electron chi connectivity index (χ4n) is 1.67. The van der Waals surface area contributed by atoms with Crippen LogP contribution < -0.4 is 10.6 Å². The van der Waals surface area contributed by atoms with Crippen LogP contribution in [0.5, 0.6) is 0 Å². The summed E-state index contributed by atoms with van der Waals surface area (Å²) in [5, 5.41) is 16.3. The lowest BCUT2D eigenvalue weighted by Crippen LogP contribution is -2.28. The predicted molar refractivity (Wildman–Crippen MR) is 86.0 cm³/mol. The second-order valence-corrected chi connectivity index (χ2v) is 6.19. The molecule has 0 radical (unpaired) electrons. The number of hydrogen-bond donors (Lipinski definition) is 3. The van der Waals surface area contributed by atoms with Crippen molar-refractivity contribution in [2.24, 2.45) is 0 Å². The van der Waals surface area contributed by atoms with Crippen molar-refractivity contribution in [1.29, 1.82) is 0 Å². The van der Waals surface area contributed by atoms with Crippen molar-refractivity contribution < 1.29 is 14.7 Å². The van der Waals surface area contributed by atoms with Gasteiger partial charge in [0.25, 0.3) is 0 Å². The number of carboxylic acids is 1. The molecule has 5 nitrogen and oxygen atoms in total. The predicted octanol–water partition coefficient (Wildman–Crippen LogP) is 3.84. The molecule has 0 aliphatic heterocycles. The van der Waals surface area contributed by atoms with Crippen molar-refractivity contribution in [2.75, 3.05) is 5.32 Å². The number of amides is 2. The molecule has 7 heteroatoms. The third-order valence-electron chi connectivity index (χ3n) is 2.83. The second kappa shape index (κ2) is 6.73. The molecule has 0 atom stereocenters. The van der Waals surface area contributed by atoms with Crippen LogP contribution in [0.3, 0.4) is 0 Å². The molecule has 1 aromatic carbocycles. The second-order valence-electron chi connectivity index (χ2n) is 4.33. The molecule has 2 rings (SSSR count). The minimum atomic E-state index is -1.03. The molecule has 0 aliphatic rings. The van der Waals surface area contributed by atoms with Gasteiger partial charge in [0, 0.05) is 15.0 Å². The molecular weight excluding hydrogens is 356 g/mol. The summed E-state index contributed by atoms with van der Waals surface area (Å²) in [5.74, 6) is -1.03. The summed E-state index contributed by atoms with van der Waals surface area (Å²) in [4.78, 5) is 23.8. The number of hydrogen-bond acceptors (Lipinski definition) is 3. The Kier molecular flexibility index (Phi) is 4.98. The van der Waals surface area contributed by atoms with Gasteiger partial charge >= 0.3 is 12.0 Å². The molecule has 0 fully saturated rings. The minimum absolute atomic E-state index is 0.136. The summed E-state index contributed by atoms with van der Waals surface area (Å²) in [6, 6.07) is 6.15. The van der Waals surface area contributed by atoms with E-state index in [9.17, 15) is 9.59 Å². The molecule has 1 aromatic heterocycles. The molecule has 2 aromatic rings. The van der Waals surface area contributed by atoms with Crippen LogP contribution in [0.25, 0.3) is 0 Å². The maximum Gasteiger partial charge on any atom is 0.335 e. The van der Waals surface area contributed by atoms with E-state index < -0.39 is 5.97 Å². The van der Waals surface area contributed by atoms with Gasteiger partial charge in [0.15, 0.2) is 0 Å². The highest BCUT2D eigenvalue weighted by Gasteiger charge is 2.09. The Morgan fingerprint density at radius 2 is 2.10 bits per heavy atom. The summed E-state index contributed by atoms with van der Waals surface area (Å²) >= 11 is 4.93. The van der Waals surface area contributed by atoms with Gasteiger partial charge in [-0.05, 0) is 52.0 Å². The average Bonchev–Trinajstić information content (AvgIpc) is 2.84. The molecule has 2 amide bonds. The van der Waals surface area contributed by atoms with E-state index in [1.807, 2.05) is 11.4 Å². The van der Waals surface area contributed by atoms with Gasteiger partial charge in [0.05, 0.1) is 12.1 Å². The number of carbonyl (C=O) groups excluding carboxylic acids is 1. The molecule has 110 valence electrons. The highest BCUT2D eigenvalue weighted by atomic mass is 79.9. The first-order chi connectivity index (χ1) is 9.97. The Bertz CT molecular complexity index is 685. The first-order valence-electron chi connectivity index (χ1n) is 6.08. The van der Waals surface area contributed by atoms with Crippen LogP contribution in [-0.2, 0) is 6.54 Å². The van der Waals surface area contributed by atoms with Gasteiger partial charge < -0.3 is 15.7 Å². The lowest BCUT2D eigenvalue weighted by molar-refractivity contribution is 0.0697. The lowest BCUT2D eigenvalue weighted by atomic mass is 10.1. The number of rotatable bonds is 4. The number of aryl methyl sites for hydroxylation is 1. The van der Waals surface area contributed by atoms with Crippen molar-refractivity contribution in [2.45, 2.75) is 13.5 Å². The normalized spacial score (nSPS) is 10.2. The quantitative estimate of drug-likeness (QED) is 0.766. The van der Waals surface area contributed by atoms with Crippen LogP contribution in [0.1, 0.15) is 20.8 Å². The fourth-order valence-corrected chi connectivity index (χ4v) is 3.10. The zero-order valence-corrected chi connectivity index (χ0v) is 13.5. The number of benzene rings is 1. The number of anilines is 1. The molecule has 1 heterocycles. The first-order valence-corrected chi connectivity index (χ1v) is 7.75. The zero-order valence-electron chi connectivity index (χ0n) is 11.1. The topological polar surface area (TPSA) is 78.4 Å². The zero-order chi connectivity index (χ0) is 15.4. The smallest absolute Gasteiger partial charge is 0.335 e. The number of carboxylic acid groups (broad SMARTS) is 1. The molecule has 0 spiro atoms. The van der Waals surface area contributed by atoms with Gasteiger partial charge in [0.1, 0.15) is 0 Å². The summed E-state index contributed by atoms with van der Waals surface area (Å²) in [5.41, 5.74) is 1.42. The molecular formula is C14H13BrN2O3S. The van der Waals surface area contributed by atoms with Gasteiger partial charge in [0.2, 0.25) is 0 Å². The van der Waals surface area contributed by atoms with Gasteiger partial charge in [-0.25, -0.2) is 9.59 Å². The van der Waals surface area contributed by atoms with Crippen LogP contribution in [-0.4, -0.2) is 17.1 Å². The summed E-state index contributed by atoms with van der Waals surface area (Å²) in [7, 11) is 0. The minimum Gasteiger partial charge on any atom is -0.478 e. The molecule has 3 N–H and O–H groups in total. The van der Waals surface area contributed by atoms with E-state index in [2.05, 4.69) is 26.6 Å². The van der Waals surface area contributed by atoms with E-state index in [1.54, 1.807) is 24.3 Å². The monoisotopic (exact) mass is 368 g/mol. The highest BCUT2D eigenvalue weighted by Crippen LogP contribution is 2.22. The number of aromatic carboxylic acids is 1. The maximum atomic E-state index is 11.9. The van der Waals surface area contributed by atoms with Crippen molar-refractivity contribution in [3.63, 3.8) is 0 Å². The average molecular weight is 369 g/mol. The largest absolute Gasteiger partial charge is 0.478 e. The van der Waals surface area contributed by atoms with Gasteiger partial charge in [-0.2, -0.15) is 0 Å². The lowest BCUT2D eigenvalue weighted by Gasteiger charge is -2.10. The number of carbonyl (C=O) groups is 2. The Morgan fingerprint density at radius 1 is 1.33 bits per heavy atom. The SMILES string of the molecule is Cc1ccc(C(=O)O)cc1NC(=O)NCc1sccc1Br. The van der Waals surface area contributed by atoms with Crippen molar-refractivity contribution in [3.8, 4) is 0 Å². The van der Waals surface area contributed by atoms with Crippen LogP contribution in [0.4, 0.5) is 10.5 Å². The van der Waals surface area contributed by atoms with E-state index in [0.717, 1.165) is 14.9 Å². The summed E-state index contributed by atoms with van der Waals surface area (Å²) < 4.78 is 0.955. The number of nitrogens with one attached hydrogen (secondary N) is 2. The Labute approximate surface area is 134 Å². The standard InChI is InChI=1S/C14H13BrN2O3S/c1-8-2-3-9(13(18)19)6-11(8)17-14(20)16-7-12-10(15)4-5-21-12/h2-6H,7H2,1H3,(H,18,19)(H2,16,17,20). The van der Waals surface area contributed by atoms with Crippen molar-refractivity contribution in [3.05, 3.63) is 50.1 Å². The number of urea groups is 1. The van der Waals surface area contributed by atoms with Crippen LogP contribution in [0.15, 0.2) is 34.1 Å². The molecule has 0 bridgehead atoms. The third kappa shape index (κ3) is 4.05. The molecule has 0 saturated carbocycles. The molecule has 0 saturated heterocycles. The Balaban J connectivity index is 2.01. The Morgan fingerprint density at radius 3 is 2.71 bits per heavy atom. The number of thiophene rings is 1. The highest BCUT2D eigenvalue weighted by molar-refractivity contribution is 9.10. The van der Waals surface area contributed by atoms with Gasteiger partial charge in [-0.1, -0.05) is 6.07 Å².